The molecule has 0 heterocycles. The molecule has 2 amide bonds. The van der Waals surface area contributed by atoms with E-state index in [4.69, 9.17) is 4.74 Å². The Morgan fingerprint density at radius 3 is 2.08 bits per heavy atom. The van der Waals surface area contributed by atoms with Crippen LogP contribution in [-0.2, 0) is 19.1 Å². The fourth-order valence-corrected chi connectivity index (χ4v) is 2.35. The first-order valence-corrected chi connectivity index (χ1v) is 8.73. The number of hydrogen-bond acceptors (Lipinski definition) is 4. The molecular formula is C18H34N2O4. The minimum absolute atomic E-state index is 0.0335. The van der Waals surface area contributed by atoms with Gasteiger partial charge in [-0.25, -0.2) is 4.79 Å². The van der Waals surface area contributed by atoms with Crippen molar-refractivity contribution in [2.24, 2.45) is 11.3 Å². The summed E-state index contributed by atoms with van der Waals surface area (Å²) in [5.74, 6) is -0.994. The molecule has 0 aliphatic rings. The van der Waals surface area contributed by atoms with Crippen LogP contribution in [-0.4, -0.2) is 37.0 Å². The first-order valence-electron chi connectivity index (χ1n) is 8.73. The minimum atomic E-state index is -0.682. The van der Waals surface area contributed by atoms with Crippen molar-refractivity contribution in [1.29, 1.82) is 0 Å². The van der Waals surface area contributed by atoms with Gasteiger partial charge in [0.1, 0.15) is 12.1 Å². The maximum absolute atomic E-state index is 12.6. The van der Waals surface area contributed by atoms with Gasteiger partial charge in [0, 0.05) is 6.42 Å². The van der Waals surface area contributed by atoms with Gasteiger partial charge in [0.2, 0.25) is 11.8 Å². The number of esters is 1. The molecule has 140 valence electrons. The zero-order chi connectivity index (χ0) is 18.9. The third-order valence-corrected chi connectivity index (χ3v) is 3.88. The summed E-state index contributed by atoms with van der Waals surface area (Å²) in [6, 6.07) is -1.34. The molecule has 2 N–H and O–H groups in total. The number of ether oxygens (including phenoxy) is 1. The predicted molar refractivity (Wildman–Crippen MR) is 94.3 cm³/mol. The molecule has 6 heteroatoms. The SMILES string of the molecule is CCC[C@H](NC(=O)[C@@H](NC(=O)CC(C)(C)C)C(C)CC)C(=O)OC. The highest BCUT2D eigenvalue weighted by Gasteiger charge is 2.30. The lowest BCUT2D eigenvalue weighted by atomic mass is 9.91. The highest BCUT2D eigenvalue weighted by molar-refractivity contribution is 5.91. The number of rotatable bonds is 9. The van der Waals surface area contributed by atoms with Gasteiger partial charge in [-0.15, -0.1) is 0 Å². The van der Waals surface area contributed by atoms with Crippen LogP contribution in [0.5, 0.6) is 0 Å². The number of nitrogens with one attached hydrogen (secondary N) is 2. The number of hydrogen-bond donors (Lipinski definition) is 2. The van der Waals surface area contributed by atoms with Crippen molar-refractivity contribution in [2.45, 2.75) is 79.3 Å². The summed E-state index contributed by atoms with van der Waals surface area (Å²) >= 11 is 0. The second kappa shape index (κ2) is 10.3. The molecule has 0 fully saturated rings. The third kappa shape index (κ3) is 8.31. The maximum Gasteiger partial charge on any atom is 0.328 e. The molecule has 3 atom stereocenters. The molecule has 6 nitrogen and oxygen atoms in total. The van der Waals surface area contributed by atoms with E-state index in [-0.39, 0.29) is 23.1 Å². The Labute approximate surface area is 146 Å². The second-order valence-electron chi connectivity index (χ2n) is 7.54. The highest BCUT2D eigenvalue weighted by atomic mass is 16.5. The van der Waals surface area contributed by atoms with Gasteiger partial charge >= 0.3 is 5.97 Å². The van der Waals surface area contributed by atoms with E-state index in [1.165, 1.54) is 7.11 Å². The van der Waals surface area contributed by atoms with Crippen LogP contribution in [0.15, 0.2) is 0 Å². The summed E-state index contributed by atoms with van der Waals surface area (Å²) < 4.78 is 4.74. The van der Waals surface area contributed by atoms with Crippen molar-refractivity contribution in [3.8, 4) is 0 Å². The van der Waals surface area contributed by atoms with Gasteiger partial charge in [-0.05, 0) is 17.8 Å². The van der Waals surface area contributed by atoms with Gasteiger partial charge in [0.15, 0.2) is 0 Å². The molecule has 0 spiro atoms. The molecule has 0 saturated heterocycles. The van der Waals surface area contributed by atoms with E-state index in [0.717, 1.165) is 12.8 Å². The van der Waals surface area contributed by atoms with Crippen LogP contribution in [0.25, 0.3) is 0 Å². The van der Waals surface area contributed by atoms with Crippen molar-refractivity contribution in [2.75, 3.05) is 7.11 Å². The molecule has 0 aromatic carbocycles. The maximum atomic E-state index is 12.6. The van der Waals surface area contributed by atoms with E-state index >= 15 is 0 Å². The second-order valence-corrected chi connectivity index (χ2v) is 7.54. The summed E-state index contributed by atoms with van der Waals surface area (Å²) in [5, 5.41) is 5.55. The quantitative estimate of drug-likeness (QED) is 0.630. The summed E-state index contributed by atoms with van der Waals surface area (Å²) in [5.41, 5.74) is -0.155. The van der Waals surface area contributed by atoms with Gasteiger partial charge in [0.05, 0.1) is 7.11 Å². The lowest BCUT2D eigenvalue weighted by Crippen LogP contribution is -2.54. The van der Waals surface area contributed by atoms with Gasteiger partial charge in [-0.3, -0.25) is 9.59 Å². The topological polar surface area (TPSA) is 84.5 Å². The number of carbonyl (C=O) groups excluding carboxylic acids is 3. The summed E-state index contributed by atoms with van der Waals surface area (Å²) in [6.45, 7) is 11.7. The van der Waals surface area contributed by atoms with E-state index in [1.54, 1.807) is 0 Å². The predicted octanol–water partition coefficient (Wildman–Crippen LogP) is 2.41. The van der Waals surface area contributed by atoms with Crippen LogP contribution in [0.4, 0.5) is 0 Å². The molecular weight excluding hydrogens is 308 g/mol. The van der Waals surface area contributed by atoms with Crippen LogP contribution >= 0.6 is 0 Å². The standard InChI is InChI=1S/C18H34N2O4/c1-8-10-13(17(23)24-7)19-16(22)15(12(3)9-2)20-14(21)11-18(4,5)6/h12-13,15H,8-11H2,1-7H3,(H,19,22)(H,20,21)/t12?,13-,15-/m0/s1. The molecule has 0 saturated carbocycles. The van der Waals surface area contributed by atoms with Gasteiger partial charge in [-0.2, -0.15) is 0 Å². The average molecular weight is 342 g/mol. The molecule has 0 aliphatic heterocycles. The van der Waals surface area contributed by atoms with Gasteiger partial charge in [0.25, 0.3) is 0 Å². The molecule has 0 aliphatic carbocycles. The number of amides is 2. The van der Waals surface area contributed by atoms with Crippen molar-refractivity contribution < 1.29 is 19.1 Å². The average Bonchev–Trinajstić information content (AvgIpc) is 2.48. The molecule has 0 rings (SSSR count). The normalized spacial score (nSPS) is 15.1. The molecule has 0 aromatic heterocycles. The van der Waals surface area contributed by atoms with Crippen LogP contribution in [0.1, 0.15) is 67.2 Å². The number of carbonyl (C=O) groups is 3. The van der Waals surface area contributed by atoms with Crippen molar-refractivity contribution in [3.05, 3.63) is 0 Å². The van der Waals surface area contributed by atoms with E-state index in [9.17, 15) is 14.4 Å². The lowest BCUT2D eigenvalue weighted by molar-refractivity contribution is -0.145. The van der Waals surface area contributed by atoms with Crippen molar-refractivity contribution in [1.82, 2.24) is 10.6 Å². The monoisotopic (exact) mass is 342 g/mol. The van der Waals surface area contributed by atoms with Crippen molar-refractivity contribution >= 4 is 17.8 Å². The largest absolute Gasteiger partial charge is 0.467 e. The molecule has 0 bridgehead atoms. The first-order chi connectivity index (χ1) is 11.1. The third-order valence-electron chi connectivity index (χ3n) is 3.88. The molecule has 1 unspecified atom stereocenters. The molecule has 24 heavy (non-hydrogen) atoms. The minimum Gasteiger partial charge on any atom is -0.467 e. The van der Waals surface area contributed by atoms with Crippen LogP contribution in [0.2, 0.25) is 0 Å². The van der Waals surface area contributed by atoms with Crippen LogP contribution in [0, 0.1) is 11.3 Å². The molecule has 0 radical (unpaired) electrons. The fourth-order valence-electron chi connectivity index (χ4n) is 2.35. The molecule has 0 aromatic rings. The number of methoxy groups -OCH3 is 1. The van der Waals surface area contributed by atoms with E-state index in [2.05, 4.69) is 10.6 Å². The smallest absolute Gasteiger partial charge is 0.328 e. The summed E-state index contributed by atoms with van der Waals surface area (Å²) in [6.07, 6.45) is 2.32. The van der Waals surface area contributed by atoms with E-state index < -0.39 is 18.1 Å². The Balaban J connectivity index is 5.06. The Bertz CT molecular complexity index is 429. The summed E-state index contributed by atoms with van der Waals surface area (Å²) in [4.78, 5) is 36.6. The van der Waals surface area contributed by atoms with Crippen molar-refractivity contribution in [3.63, 3.8) is 0 Å². The lowest BCUT2D eigenvalue weighted by Gasteiger charge is -2.27. The Morgan fingerprint density at radius 1 is 1.08 bits per heavy atom. The zero-order valence-corrected chi connectivity index (χ0v) is 16.2. The van der Waals surface area contributed by atoms with E-state index in [1.807, 2.05) is 41.5 Å². The van der Waals surface area contributed by atoms with Gasteiger partial charge < -0.3 is 15.4 Å². The highest BCUT2D eigenvalue weighted by Crippen LogP contribution is 2.19. The Morgan fingerprint density at radius 2 is 1.67 bits per heavy atom. The summed E-state index contributed by atoms with van der Waals surface area (Å²) in [7, 11) is 1.30. The van der Waals surface area contributed by atoms with Gasteiger partial charge in [-0.1, -0.05) is 54.4 Å². The van der Waals surface area contributed by atoms with Crippen LogP contribution < -0.4 is 10.6 Å². The van der Waals surface area contributed by atoms with Crippen LogP contribution in [0.3, 0.4) is 0 Å². The zero-order valence-electron chi connectivity index (χ0n) is 16.2. The van der Waals surface area contributed by atoms with E-state index in [0.29, 0.717) is 12.8 Å². The Hall–Kier alpha value is -1.59. The Kier molecular flexibility index (Phi) is 9.63. The first kappa shape index (κ1) is 22.4. The fraction of sp³-hybridized carbons (Fsp3) is 0.833.